The van der Waals surface area contributed by atoms with Crippen molar-refractivity contribution >= 4 is 15.9 Å². The molecule has 0 N–H and O–H groups in total. The summed E-state index contributed by atoms with van der Waals surface area (Å²) < 4.78 is 39.2. The van der Waals surface area contributed by atoms with Gasteiger partial charge in [0.15, 0.2) is 0 Å². The molecule has 0 saturated carbocycles. The van der Waals surface area contributed by atoms with Gasteiger partial charge in [0.2, 0.25) is 15.9 Å². The first kappa shape index (κ1) is 24.5. The van der Waals surface area contributed by atoms with E-state index in [0.29, 0.717) is 44.7 Å². The van der Waals surface area contributed by atoms with Crippen LogP contribution in [0.2, 0.25) is 0 Å². The third kappa shape index (κ3) is 5.73. The van der Waals surface area contributed by atoms with E-state index in [-0.39, 0.29) is 10.8 Å². The summed E-state index contributed by atoms with van der Waals surface area (Å²) in [6.45, 7) is 2.74. The van der Waals surface area contributed by atoms with Gasteiger partial charge in [-0.1, -0.05) is 18.2 Å². The Hall–Kier alpha value is -2.58. The van der Waals surface area contributed by atoms with Crippen molar-refractivity contribution in [1.82, 2.24) is 9.21 Å². The fraction of sp³-hybridized carbons (Fsp3) is 0.500. The first-order valence-electron chi connectivity index (χ1n) is 12.0. The zero-order valence-corrected chi connectivity index (χ0v) is 20.6. The van der Waals surface area contributed by atoms with Crippen LogP contribution >= 0.6 is 0 Å². The summed E-state index contributed by atoms with van der Waals surface area (Å²) in [4.78, 5) is 15.4. The standard InChI is InChI=1S/C26H34N2O5S/c1-32-22-10-12-24(13-11-22)34(30,31)28-18-14-26(15-19-28,21-33-23-8-4-2-5-9-23)20-25(29)27-16-6-3-7-17-27/h2,4-5,8-13H,3,6-7,14-21H2,1H3. The van der Waals surface area contributed by atoms with Gasteiger partial charge < -0.3 is 14.4 Å². The van der Waals surface area contributed by atoms with E-state index >= 15 is 0 Å². The SMILES string of the molecule is COc1ccc(S(=O)(=O)N2CCC(COc3ccccc3)(CC(=O)N3CCCCC3)CC2)cc1. The van der Waals surface area contributed by atoms with Gasteiger partial charge in [0, 0.05) is 38.0 Å². The van der Waals surface area contributed by atoms with E-state index in [1.807, 2.05) is 35.2 Å². The number of methoxy groups -OCH3 is 1. The molecule has 4 rings (SSSR count). The molecule has 2 aliphatic heterocycles. The first-order valence-corrected chi connectivity index (χ1v) is 13.5. The number of carbonyl (C=O) groups is 1. The molecule has 1 amide bonds. The van der Waals surface area contributed by atoms with Crippen LogP contribution in [-0.4, -0.2) is 63.4 Å². The van der Waals surface area contributed by atoms with E-state index < -0.39 is 15.4 Å². The van der Waals surface area contributed by atoms with E-state index in [0.717, 1.165) is 31.7 Å². The van der Waals surface area contributed by atoms with E-state index in [9.17, 15) is 13.2 Å². The number of benzene rings is 2. The monoisotopic (exact) mass is 486 g/mol. The lowest BCUT2D eigenvalue weighted by molar-refractivity contribution is -0.136. The molecule has 2 aliphatic rings. The van der Waals surface area contributed by atoms with Crippen LogP contribution in [0, 0.1) is 5.41 Å². The molecule has 8 heteroatoms. The Kier molecular flexibility index (Phi) is 7.78. The van der Waals surface area contributed by atoms with Gasteiger partial charge in [-0.2, -0.15) is 4.31 Å². The number of nitrogens with zero attached hydrogens (tertiary/aromatic N) is 2. The van der Waals surface area contributed by atoms with Gasteiger partial charge >= 0.3 is 0 Å². The Morgan fingerprint density at radius 3 is 2.15 bits per heavy atom. The number of rotatable bonds is 8. The molecule has 2 saturated heterocycles. The molecule has 2 fully saturated rings. The number of sulfonamides is 1. The van der Waals surface area contributed by atoms with Gasteiger partial charge in [-0.25, -0.2) is 8.42 Å². The highest BCUT2D eigenvalue weighted by atomic mass is 32.2. The predicted molar refractivity (Wildman–Crippen MR) is 130 cm³/mol. The maximum Gasteiger partial charge on any atom is 0.243 e. The van der Waals surface area contributed by atoms with Gasteiger partial charge in [-0.3, -0.25) is 4.79 Å². The molecule has 0 atom stereocenters. The summed E-state index contributed by atoms with van der Waals surface area (Å²) in [5, 5.41) is 0. The van der Waals surface area contributed by atoms with Crippen molar-refractivity contribution < 1.29 is 22.7 Å². The quantitative estimate of drug-likeness (QED) is 0.565. The van der Waals surface area contributed by atoms with Crippen LogP contribution in [0.15, 0.2) is 59.5 Å². The summed E-state index contributed by atoms with van der Waals surface area (Å²) >= 11 is 0. The van der Waals surface area contributed by atoms with Crippen LogP contribution in [0.1, 0.15) is 38.5 Å². The normalized spacial score (nSPS) is 18.9. The molecule has 2 aromatic rings. The Morgan fingerprint density at radius 1 is 0.882 bits per heavy atom. The number of piperidine rings is 2. The van der Waals surface area contributed by atoms with Crippen molar-refractivity contribution in [3.05, 3.63) is 54.6 Å². The number of para-hydroxylation sites is 1. The van der Waals surface area contributed by atoms with Crippen LogP contribution in [-0.2, 0) is 14.8 Å². The van der Waals surface area contributed by atoms with Gasteiger partial charge in [-0.05, 0) is 68.5 Å². The lowest BCUT2D eigenvalue weighted by Gasteiger charge is -2.42. The van der Waals surface area contributed by atoms with Crippen molar-refractivity contribution in [3.8, 4) is 11.5 Å². The minimum atomic E-state index is -3.61. The second-order valence-electron chi connectivity index (χ2n) is 9.30. The molecule has 0 aromatic heterocycles. The Balaban J connectivity index is 1.47. The molecule has 0 radical (unpaired) electrons. The van der Waals surface area contributed by atoms with Gasteiger partial charge in [0.05, 0.1) is 18.6 Å². The fourth-order valence-corrected chi connectivity index (χ4v) is 6.24. The summed E-state index contributed by atoms with van der Waals surface area (Å²) in [6.07, 6.45) is 4.81. The van der Waals surface area contributed by atoms with Gasteiger partial charge in [0.1, 0.15) is 11.5 Å². The zero-order chi connectivity index (χ0) is 24.0. The summed E-state index contributed by atoms with van der Waals surface area (Å²) in [7, 11) is -2.06. The third-order valence-electron chi connectivity index (χ3n) is 7.00. The van der Waals surface area contributed by atoms with Crippen LogP contribution in [0.3, 0.4) is 0 Å². The van der Waals surface area contributed by atoms with Crippen molar-refractivity contribution in [1.29, 1.82) is 0 Å². The minimum absolute atomic E-state index is 0.155. The first-order chi connectivity index (χ1) is 16.4. The van der Waals surface area contributed by atoms with Crippen molar-refractivity contribution in [2.75, 3.05) is 39.9 Å². The molecule has 2 aromatic carbocycles. The smallest absolute Gasteiger partial charge is 0.243 e. The van der Waals surface area contributed by atoms with Crippen molar-refractivity contribution in [3.63, 3.8) is 0 Å². The van der Waals surface area contributed by atoms with E-state index in [4.69, 9.17) is 9.47 Å². The Morgan fingerprint density at radius 2 is 1.53 bits per heavy atom. The lowest BCUT2D eigenvalue weighted by Crippen LogP contribution is -2.48. The molecule has 0 aliphatic carbocycles. The van der Waals surface area contributed by atoms with E-state index in [2.05, 4.69) is 0 Å². The minimum Gasteiger partial charge on any atom is -0.497 e. The van der Waals surface area contributed by atoms with Crippen molar-refractivity contribution in [2.45, 2.75) is 43.4 Å². The van der Waals surface area contributed by atoms with Gasteiger partial charge in [0.25, 0.3) is 0 Å². The second kappa shape index (κ2) is 10.8. The maximum atomic E-state index is 13.2. The summed E-state index contributed by atoms with van der Waals surface area (Å²) in [5.41, 5.74) is -0.393. The van der Waals surface area contributed by atoms with Crippen molar-refractivity contribution in [2.24, 2.45) is 5.41 Å². The highest BCUT2D eigenvalue weighted by Crippen LogP contribution is 2.38. The lowest BCUT2D eigenvalue weighted by atomic mass is 9.76. The average Bonchev–Trinajstić information content (AvgIpc) is 2.89. The highest BCUT2D eigenvalue weighted by molar-refractivity contribution is 7.89. The molecule has 34 heavy (non-hydrogen) atoms. The molecule has 0 bridgehead atoms. The zero-order valence-electron chi connectivity index (χ0n) is 19.8. The maximum absolute atomic E-state index is 13.2. The Bertz CT molecular complexity index is 1040. The topological polar surface area (TPSA) is 76.1 Å². The van der Waals surface area contributed by atoms with E-state index in [1.165, 1.54) is 10.7 Å². The number of likely N-dealkylation sites (tertiary alicyclic amines) is 1. The van der Waals surface area contributed by atoms with Crippen LogP contribution in [0.4, 0.5) is 0 Å². The number of ether oxygens (including phenoxy) is 2. The van der Waals surface area contributed by atoms with Gasteiger partial charge in [-0.15, -0.1) is 0 Å². The summed E-state index contributed by atoms with van der Waals surface area (Å²) in [6, 6.07) is 16.1. The average molecular weight is 487 g/mol. The molecule has 2 heterocycles. The van der Waals surface area contributed by atoms with E-state index in [1.54, 1.807) is 31.4 Å². The molecular formula is C26H34N2O5S. The number of hydrogen-bond donors (Lipinski definition) is 0. The summed E-state index contributed by atoms with van der Waals surface area (Å²) in [5.74, 6) is 1.54. The molecule has 0 spiro atoms. The predicted octanol–water partition coefficient (Wildman–Crippen LogP) is 3.95. The van der Waals surface area contributed by atoms with Crippen LogP contribution < -0.4 is 9.47 Å². The number of amides is 1. The van der Waals surface area contributed by atoms with Crippen LogP contribution in [0.5, 0.6) is 11.5 Å². The molecule has 7 nitrogen and oxygen atoms in total. The Labute approximate surface area is 202 Å². The number of hydrogen-bond acceptors (Lipinski definition) is 5. The highest BCUT2D eigenvalue weighted by Gasteiger charge is 2.41. The largest absolute Gasteiger partial charge is 0.497 e. The molecular weight excluding hydrogens is 452 g/mol. The number of carbonyl (C=O) groups excluding carboxylic acids is 1. The second-order valence-corrected chi connectivity index (χ2v) is 11.2. The third-order valence-corrected chi connectivity index (χ3v) is 8.92. The molecule has 184 valence electrons. The van der Waals surface area contributed by atoms with Crippen LogP contribution in [0.25, 0.3) is 0 Å². The molecule has 0 unspecified atom stereocenters. The fourth-order valence-electron chi connectivity index (χ4n) is 4.80.